The average Bonchev–Trinajstić information content (AvgIpc) is 3.42. The van der Waals surface area contributed by atoms with Gasteiger partial charge in [-0.3, -0.25) is 29.3 Å². The molecule has 2 heterocycles. The molecule has 2 aliphatic rings. The summed E-state index contributed by atoms with van der Waals surface area (Å²) in [5.41, 5.74) is -0.391. The van der Waals surface area contributed by atoms with Crippen LogP contribution in [-0.4, -0.2) is 74.8 Å². The first-order valence-electron chi connectivity index (χ1n) is 12.8. The van der Waals surface area contributed by atoms with Gasteiger partial charge in [0.1, 0.15) is 4.75 Å². The second-order valence-corrected chi connectivity index (χ2v) is 11.1. The van der Waals surface area contributed by atoms with Gasteiger partial charge in [0.15, 0.2) is 5.78 Å². The van der Waals surface area contributed by atoms with E-state index >= 15 is 0 Å². The predicted octanol–water partition coefficient (Wildman–Crippen LogP) is 1.75. The van der Waals surface area contributed by atoms with Crippen molar-refractivity contribution in [2.45, 2.75) is 74.7 Å². The molecule has 2 aliphatic heterocycles. The first-order valence-corrected chi connectivity index (χ1v) is 13.8. The van der Waals surface area contributed by atoms with Gasteiger partial charge >= 0.3 is 12.0 Å². The van der Waals surface area contributed by atoms with Crippen LogP contribution in [0.15, 0.2) is 24.3 Å². The standard InChI is InChI=1S/C25H33N5O8S/c1-15(7-6-10-20(32)26-13-19(31)16-8-2-3-9-18(16)30(37)38)27-23(35)25(12-5-4-11-21(33)34)22-17(14-39-25)28-24(36)29-22/h2-3,8-9,15,17,22H,4-7,10-14H2,1H3,(H,26,32)(H,27,35)(H,33,34)(H2,28,29,36)/t15?,17-,22-,25-/m0/s1. The molecule has 0 spiro atoms. The Labute approximate surface area is 229 Å². The molecular formula is C25H33N5O8S. The average molecular weight is 564 g/mol. The van der Waals surface area contributed by atoms with Crippen LogP contribution < -0.4 is 21.3 Å². The Morgan fingerprint density at radius 1 is 1.18 bits per heavy atom. The van der Waals surface area contributed by atoms with Crippen molar-refractivity contribution in [2.24, 2.45) is 0 Å². The largest absolute Gasteiger partial charge is 0.481 e. The summed E-state index contributed by atoms with van der Waals surface area (Å²) in [6.45, 7) is 1.45. The molecule has 4 amide bonds. The molecule has 1 aromatic carbocycles. The molecular weight excluding hydrogens is 530 g/mol. The number of ketones is 1. The number of amides is 4. The molecule has 13 nitrogen and oxygen atoms in total. The number of carboxylic acids is 1. The fraction of sp³-hybridized carbons (Fsp3) is 0.560. The van der Waals surface area contributed by atoms with Crippen molar-refractivity contribution in [1.29, 1.82) is 0 Å². The third-order valence-electron chi connectivity index (χ3n) is 6.87. The monoisotopic (exact) mass is 563 g/mol. The van der Waals surface area contributed by atoms with Gasteiger partial charge in [0.2, 0.25) is 11.8 Å². The number of rotatable bonds is 15. The minimum absolute atomic E-state index is 0.00732. The molecule has 2 fully saturated rings. The van der Waals surface area contributed by atoms with E-state index in [2.05, 4.69) is 21.3 Å². The molecule has 3 rings (SSSR count). The second kappa shape index (κ2) is 13.4. The van der Waals surface area contributed by atoms with Gasteiger partial charge in [-0.25, -0.2) is 4.79 Å². The smallest absolute Gasteiger partial charge is 0.315 e. The van der Waals surface area contributed by atoms with Gasteiger partial charge in [-0.05, 0) is 38.7 Å². The van der Waals surface area contributed by atoms with E-state index in [1.54, 1.807) is 0 Å². The zero-order valence-electron chi connectivity index (χ0n) is 21.6. The Morgan fingerprint density at radius 2 is 1.92 bits per heavy atom. The van der Waals surface area contributed by atoms with Crippen molar-refractivity contribution in [2.75, 3.05) is 12.3 Å². The summed E-state index contributed by atoms with van der Waals surface area (Å²) in [4.78, 5) is 71.3. The van der Waals surface area contributed by atoms with Gasteiger partial charge < -0.3 is 26.4 Å². The summed E-state index contributed by atoms with van der Waals surface area (Å²) in [5.74, 6) is -1.51. The molecule has 0 saturated carbocycles. The van der Waals surface area contributed by atoms with E-state index in [1.165, 1.54) is 36.0 Å². The predicted molar refractivity (Wildman–Crippen MR) is 142 cm³/mol. The maximum Gasteiger partial charge on any atom is 0.315 e. The van der Waals surface area contributed by atoms with Crippen LogP contribution in [0.4, 0.5) is 10.5 Å². The summed E-state index contributed by atoms with van der Waals surface area (Å²) in [7, 11) is 0. The number of thioether (sulfide) groups is 1. The zero-order chi connectivity index (χ0) is 28.6. The first kappa shape index (κ1) is 29.9. The number of carbonyl (C=O) groups excluding carboxylic acids is 4. The Balaban J connectivity index is 1.47. The number of Topliss-reactive ketones (excluding diaryl/α,β-unsaturated/α-hetero) is 1. The number of hydrogen-bond donors (Lipinski definition) is 5. The molecule has 39 heavy (non-hydrogen) atoms. The number of aliphatic carboxylic acids is 1. The van der Waals surface area contributed by atoms with E-state index in [0.717, 1.165) is 0 Å². The second-order valence-electron chi connectivity index (χ2n) is 9.74. The van der Waals surface area contributed by atoms with E-state index < -0.39 is 27.5 Å². The lowest BCUT2D eigenvalue weighted by Gasteiger charge is -2.33. The lowest BCUT2D eigenvalue weighted by molar-refractivity contribution is -0.385. The number of hydrogen-bond acceptors (Lipinski definition) is 8. The molecule has 212 valence electrons. The maximum atomic E-state index is 13.4. The molecule has 1 aromatic rings. The van der Waals surface area contributed by atoms with Crippen molar-refractivity contribution < 1.29 is 34.0 Å². The number of unbranched alkanes of at least 4 members (excludes halogenated alkanes) is 1. The van der Waals surface area contributed by atoms with Crippen molar-refractivity contribution in [3.63, 3.8) is 0 Å². The fourth-order valence-corrected chi connectivity index (χ4v) is 6.51. The molecule has 0 aromatic heterocycles. The van der Waals surface area contributed by atoms with Gasteiger partial charge in [-0.1, -0.05) is 18.6 Å². The number of urea groups is 1. The van der Waals surface area contributed by atoms with Crippen molar-refractivity contribution in [3.8, 4) is 0 Å². The van der Waals surface area contributed by atoms with Gasteiger partial charge in [0.05, 0.1) is 29.1 Å². The molecule has 0 aliphatic carbocycles. The highest BCUT2D eigenvalue weighted by Crippen LogP contribution is 2.44. The van der Waals surface area contributed by atoms with Crippen molar-refractivity contribution in [3.05, 3.63) is 39.9 Å². The number of nitrogens with one attached hydrogen (secondary N) is 4. The highest BCUT2D eigenvalue weighted by atomic mass is 32.2. The van der Waals surface area contributed by atoms with Crippen LogP contribution in [0.3, 0.4) is 0 Å². The molecule has 4 atom stereocenters. The normalized spacial score (nSPS) is 22.2. The van der Waals surface area contributed by atoms with E-state index in [9.17, 15) is 34.1 Å². The van der Waals surface area contributed by atoms with Gasteiger partial charge in [-0.2, -0.15) is 0 Å². The van der Waals surface area contributed by atoms with E-state index in [4.69, 9.17) is 5.11 Å². The van der Waals surface area contributed by atoms with Crippen LogP contribution in [-0.2, 0) is 14.4 Å². The third kappa shape index (κ3) is 7.68. The Kier molecular flexibility index (Phi) is 10.3. The molecule has 14 heteroatoms. The lowest BCUT2D eigenvalue weighted by atomic mass is 9.88. The summed E-state index contributed by atoms with van der Waals surface area (Å²) in [6.07, 6.45) is 2.38. The Morgan fingerprint density at radius 3 is 2.64 bits per heavy atom. The quantitative estimate of drug-likeness (QED) is 0.0694. The van der Waals surface area contributed by atoms with Gasteiger partial charge in [0, 0.05) is 30.7 Å². The topological polar surface area (TPSA) is 197 Å². The Bertz CT molecular complexity index is 1130. The van der Waals surface area contributed by atoms with E-state index in [1.807, 2.05) is 6.92 Å². The van der Waals surface area contributed by atoms with Crippen molar-refractivity contribution >= 4 is 47.0 Å². The minimum Gasteiger partial charge on any atom is -0.481 e. The SMILES string of the molecule is CC(CCCC(=O)NCC(=O)c1ccccc1[N+](=O)[O-])NC(=O)[C@@]1(CCCCC(=O)O)SC[C@@H]2NC(=O)N[C@@H]21. The van der Waals surface area contributed by atoms with E-state index in [-0.39, 0.29) is 60.6 Å². The van der Waals surface area contributed by atoms with Crippen LogP contribution in [0.5, 0.6) is 0 Å². The maximum absolute atomic E-state index is 13.4. The van der Waals surface area contributed by atoms with Gasteiger partial charge in [0.25, 0.3) is 5.69 Å². The highest BCUT2D eigenvalue weighted by Gasteiger charge is 2.57. The van der Waals surface area contributed by atoms with Crippen molar-refractivity contribution in [1.82, 2.24) is 21.3 Å². The third-order valence-corrected chi connectivity index (χ3v) is 8.55. The van der Waals surface area contributed by atoms with Gasteiger partial charge in [-0.15, -0.1) is 11.8 Å². The van der Waals surface area contributed by atoms with Crippen LogP contribution in [0, 0.1) is 10.1 Å². The molecule has 0 radical (unpaired) electrons. The summed E-state index contributed by atoms with van der Waals surface area (Å²) < 4.78 is -0.922. The van der Waals surface area contributed by atoms with Crippen LogP contribution in [0.25, 0.3) is 0 Å². The summed E-state index contributed by atoms with van der Waals surface area (Å²) >= 11 is 1.46. The highest BCUT2D eigenvalue weighted by molar-refractivity contribution is 8.01. The number of carbonyl (C=O) groups is 5. The van der Waals surface area contributed by atoms with Crippen LogP contribution in [0.1, 0.15) is 62.2 Å². The number of nitro groups is 1. The molecule has 1 unspecified atom stereocenters. The first-order chi connectivity index (χ1) is 18.5. The number of carboxylic acid groups (broad SMARTS) is 1. The zero-order valence-corrected chi connectivity index (χ0v) is 22.4. The molecule has 5 N–H and O–H groups in total. The lowest BCUT2D eigenvalue weighted by Crippen LogP contribution is -2.57. The number of nitro benzene ring substituents is 1. The summed E-state index contributed by atoms with van der Waals surface area (Å²) in [5, 5.41) is 31.2. The number of fused-ring (bicyclic) bond motifs is 1. The number of nitrogens with zero attached hydrogens (tertiary/aromatic N) is 1. The summed E-state index contributed by atoms with van der Waals surface area (Å²) in [6, 6.07) is 4.34. The molecule has 0 bridgehead atoms. The number of para-hydroxylation sites is 1. The van der Waals surface area contributed by atoms with Crippen LogP contribution in [0.2, 0.25) is 0 Å². The fourth-order valence-electron chi connectivity index (χ4n) is 4.87. The van der Waals surface area contributed by atoms with Crippen LogP contribution >= 0.6 is 11.8 Å². The molecule has 2 saturated heterocycles. The minimum atomic E-state index is -0.922. The Hall–Kier alpha value is -3.68. The number of benzene rings is 1. The van der Waals surface area contributed by atoms with E-state index in [0.29, 0.717) is 37.9 Å².